The molecule has 5 heteroatoms. The van der Waals surface area contributed by atoms with Crippen LogP contribution in [0, 0.1) is 5.92 Å². The van der Waals surface area contributed by atoms with Gasteiger partial charge in [-0.1, -0.05) is 31.2 Å². The van der Waals surface area contributed by atoms with E-state index in [0.717, 1.165) is 50.6 Å². The second kappa shape index (κ2) is 12.9. The van der Waals surface area contributed by atoms with Crippen molar-refractivity contribution in [1.29, 1.82) is 0 Å². The van der Waals surface area contributed by atoms with Gasteiger partial charge in [-0.15, -0.1) is 11.3 Å². The smallest absolute Gasteiger partial charge is 0.118 e. The number of thiophene rings is 1. The highest BCUT2D eigenvalue weighted by Crippen LogP contribution is 2.17. The molecular weight excluding hydrogens is 366 g/mol. The molecule has 1 fully saturated rings. The van der Waals surface area contributed by atoms with Crippen molar-refractivity contribution >= 4 is 11.3 Å². The highest BCUT2D eigenvalue weighted by Gasteiger charge is 2.17. The van der Waals surface area contributed by atoms with Crippen LogP contribution in [0.2, 0.25) is 0 Å². The maximum Gasteiger partial charge on any atom is 0.118 e. The average Bonchev–Trinajstić information content (AvgIpc) is 3.13. The van der Waals surface area contributed by atoms with Crippen molar-refractivity contribution in [3.8, 4) is 5.75 Å². The Morgan fingerprint density at radius 3 is 2.64 bits per heavy atom. The van der Waals surface area contributed by atoms with E-state index in [-0.39, 0.29) is 0 Å². The minimum absolute atomic E-state index is 0.428. The molecule has 1 aliphatic heterocycles. The number of hydrogen-bond acceptors (Lipinski definition) is 5. The van der Waals surface area contributed by atoms with Gasteiger partial charge in [-0.2, -0.15) is 0 Å². The SMILES string of the molecule is CNCCCc1cccs1.C[C@@H]1CN(C)CCN(CCc2ccccc2O)C1. The second-order valence-corrected chi connectivity index (χ2v) is 8.87. The Morgan fingerprint density at radius 2 is 1.93 bits per heavy atom. The summed E-state index contributed by atoms with van der Waals surface area (Å²) in [4.78, 5) is 6.42. The van der Waals surface area contributed by atoms with Crippen molar-refractivity contribution in [3.05, 3.63) is 52.2 Å². The zero-order valence-electron chi connectivity index (χ0n) is 17.7. The number of benzene rings is 1. The number of phenols is 1. The molecule has 0 spiro atoms. The van der Waals surface area contributed by atoms with E-state index >= 15 is 0 Å². The zero-order valence-corrected chi connectivity index (χ0v) is 18.5. The summed E-state index contributed by atoms with van der Waals surface area (Å²) >= 11 is 1.85. The first-order valence-corrected chi connectivity index (χ1v) is 11.3. The van der Waals surface area contributed by atoms with Gasteiger partial charge in [0.1, 0.15) is 5.75 Å². The number of aromatic hydroxyl groups is 1. The Labute approximate surface area is 175 Å². The fourth-order valence-corrected chi connectivity index (χ4v) is 4.37. The Bertz CT molecular complexity index is 647. The van der Waals surface area contributed by atoms with E-state index in [2.05, 4.69) is 46.6 Å². The largest absolute Gasteiger partial charge is 0.508 e. The first-order chi connectivity index (χ1) is 13.6. The fourth-order valence-electron chi connectivity index (χ4n) is 3.62. The number of para-hydroxylation sites is 1. The lowest BCUT2D eigenvalue weighted by Crippen LogP contribution is -2.31. The fraction of sp³-hybridized carbons (Fsp3) is 0.565. The molecule has 1 atom stereocenters. The summed E-state index contributed by atoms with van der Waals surface area (Å²) < 4.78 is 0. The van der Waals surface area contributed by atoms with Gasteiger partial charge in [0.05, 0.1) is 0 Å². The molecule has 2 heterocycles. The van der Waals surface area contributed by atoms with E-state index in [1.54, 1.807) is 6.07 Å². The van der Waals surface area contributed by atoms with Gasteiger partial charge in [0, 0.05) is 37.6 Å². The number of aryl methyl sites for hydroxylation is 1. The van der Waals surface area contributed by atoms with Crippen LogP contribution in [-0.2, 0) is 12.8 Å². The maximum atomic E-state index is 9.76. The number of phenolic OH excluding ortho intramolecular Hbond substituents is 1. The van der Waals surface area contributed by atoms with Gasteiger partial charge in [0.15, 0.2) is 0 Å². The van der Waals surface area contributed by atoms with Crippen LogP contribution in [0.4, 0.5) is 0 Å². The van der Waals surface area contributed by atoms with E-state index in [0.29, 0.717) is 5.75 Å². The summed E-state index contributed by atoms with van der Waals surface area (Å²) in [5.41, 5.74) is 1.06. The molecule has 0 unspecified atom stereocenters. The molecule has 0 amide bonds. The monoisotopic (exact) mass is 403 g/mol. The molecule has 1 aromatic carbocycles. The standard InChI is InChI=1S/C15H24N2O.C8H13NS/c1-13-11-16(2)9-10-17(12-13)8-7-14-5-3-4-6-15(14)18;1-9-6-2-4-8-5-3-7-10-8/h3-6,13,18H,7-12H2,1-2H3;3,5,7,9H,2,4,6H2,1H3/t13-;/m1./s1. The van der Waals surface area contributed by atoms with Crippen LogP contribution in [0.3, 0.4) is 0 Å². The first-order valence-electron chi connectivity index (χ1n) is 10.4. The summed E-state index contributed by atoms with van der Waals surface area (Å²) in [6.07, 6.45) is 3.40. The molecule has 156 valence electrons. The number of hydrogen-bond donors (Lipinski definition) is 2. The highest BCUT2D eigenvalue weighted by molar-refractivity contribution is 7.09. The number of nitrogens with one attached hydrogen (secondary N) is 1. The Kier molecular flexibility index (Phi) is 10.6. The van der Waals surface area contributed by atoms with Crippen molar-refractivity contribution in [1.82, 2.24) is 15.1 Å². The predicted octanol–water partition coefficient (Wildman–Crippen LogP) is 3.72. The third-order valence-corrected chi connectivity index (χ3v) is 6.05. The molecule has 1 aromatic heterocycles. The van der Waals surface area contributed by atoms with E-state index in [9.17, 15) is 5.11 Å². The highest BCUT2D eigenvalue weighted by atomic mass is 32.1. The molecule has 2 aromatic rings. The zero-order chi connectivity index (χ0) is 20.2. The second-order valence-electron chi connectivity index (χ2n) is 7.83. The predicted molar refractivity (Wildman–Crippen MR) is 121 cm³/mol. The first kappa shape index (κ1) is 22.9. The van der Waals surface area contributed by atoms with Gasteiger partial charge in [-0.25, -0.2) is 0 Å². The maximum absolute atomic E-state index is 9.76. The van der Waals surface area contributed by atoms with Gasteiger partial charge < -0.3 is 20.2 Å². The quantitative estimate of drug-likeness (QED) is 0.691. The van der Waals surface area contributed by atoms with Gasteiger partial charge >= 0.3 is 0 Å². The Balaban J connectivity index is 0.000000237. The lowest BCUT2D eigenvalue weighted by Gasteiger charge is -2.21. The van der Waals surface area contributed by atoms with E-state index in [1.165, 1.54) is 24.3 Å². The van der Waals surface area contributed by atoms with Gasteiger partial charge in [-0.3, -0.25) is 0 Å². The van der Waals surface area contributed by atoms with E-state index in [1.807, 2.05) is 36.6 Å². The Hall–Kier alpha value is -1.40. The van der Waals surface area contributed by atoms with Crippen LogP contribution in [-0.4, -0.2) is 68.3 Å². The van der Waals surface area contributed by atoms with Crippen molar-refractivity contribution in [3.63, 3.8) is 0 Å². The molecule has 3 rings (SSSR count). The number of rotatable bonds is 7. The minimum Gasteiger partial charge on any atom is -0.508 e. The molecule has 4 nitrogen and oxygen atoms in total. The lowest BCUT2D eigenvalue weighted by molar-refractivity contribution is 0.266. The van der Waals surface area contributed by atoms with E-state index < -0.39 is 0 Å². The van der Waals surface area contributed by atoms with Crippen LogP contribution in [0.25, 0.3) is 0 Å². The summed E-state index contributed by atoms with van der Waals surface area (Å²) in [6.45, 7) is 9.10. The molecule has 0 saturated carbocycles. The summed E-state index contributed by atoms with van der Waals surface area (Å²) in [6, 6.07) is 12.0. The molecule has 1 aliphatic rings. The van der Waals surface area contributed by atoms with Crippen molar-refractivity contribution in [2.75, 3.05) is 53.4 Å². The molecule has 28 heavy (non-hydrogen) atoms. The van der Waals surface area contributed by atoms with Crippen LogP contribution in [0.1, 0.15) is 23.8 Å². The van der Waals surface area contributed by atoms with Crippen molar-refractivity contribution < 1.29 is 5.11 Å². The van der Waals surface area contributed by atoms with Crippen LogP contribution in [0.15, 0.2) is 41.8 Å². The average molecular weight is 404 g/mol. The van der Waals surface area contributed by atoms with Gasteiger partial charge in [-0.05, 0) is 68.9 Å². The molecular formula is C23H37N3OS. The number of nitrogens with zero attached hydrogens (tertiary/aromatic N) is 2. The summed E-state index contributed by atoms with van der Waals surface area (Å²) in [5.74, 6) is 1.15. The van der Waals surface area contributed by atoms with Gasteiger partial charge in [0.2, 0.25) is 0 Å². The van der Waals surface area contributed by atoms with Crippen molar-refractivity contribution in [2.45, 2.75) is 26.2 Å². The molecule has 0 aliphatic carbocycles. The van der Waals surface area contributed by atoms with Crippen LogP contribution in [0.5, 0.6) is 5.75 Å². The number of likely N-dealkylation sites (N-methyl/N-ethyl adjacent to an activating group) is 1. The third kappa shape index (κ3) is 8.74. The third-order valence-electron chi connectivity index (χ3n) is 5.11. The topological polar surface area (TPSA) is 38.7 Å². The Morgan fingerprint density at radius 1 is 1.11 bits per heavy atom. The summed E-state index contributed by atoms with van der Waals surface area (Å²) in [5, 5.41) is 15.0. The molecule has 1 saturated heterocycles. The van der Waals surface area contributed by atoms with Crippen LogP contribution >= 0.6 is 11.3 Å². The van der Waals surface area contributed by atoms with Crippen molar-refractivity contribution in [2.24, 2.45) is 5.92 Å². The summed E-state index contributed by atoms with van der Waals surface area (Å²) in [7, 11) is 4.19. The molecule has 0 bridgehead atoms. The normalized spacial score (nSPS) is 18.3. The molecule has 0 radical (unpaired) electrons. The van der Waals surface area contributed by atoms with Gasteiger partial charge in [0.25, 0.3) is 0 Å². The lowest BCUT2D eigenvalue weighted by atomic mass is 10.1. The van der Waals surface area contributed by atoms with Crippen LogP contribution < -0.4 is 5.32 Å². The molecule has 2 N–H and O–H groups in total. The van der Waals surface area contributed by atoms with E-state index in [4.69, 9.17) is 0 Å². The minimum atomic E-state index is 0.428.